The lowest BCUT2D eigenvalue weighted by molar-refractivity contribution is 0.306. The summed E-state index contributed by atoms with van der Waals surface area (Å²) in [6, 6.07) is 8.56. The highest BCUT2D eigenvalue weighted by Crippen LogP contribution is 2.23. The van der Waals surface area contributed by atoms with Crippen molar-refractivity contribution in [3.05, 3.63) is 42.0 Å². The average Bonchev–Trinajstić information content (AvgIpc) is 3.21. The molecule has 30 heavy (non-hydrogen) atoms. The number of halogens is 1. The van der Waals surface area contributed by atoms with Crippen LogP contribution in [0.4, 0.5) is 0 Å². The largest absolute Gasteiger partial charge is 0.497 e. The topological polar surface area (TPSA) is 76.4 Å². The molecule has 1 fully saturated rings. The standard InChI is InChI=1S/C22H34N6O.HI/c1-4-21-27-25-16-28(21)14-13-23-22(26-20-8-6-5-7-17(20)2)24-15-18-9-11-19(29-3)12-10-18;/h9-12,16-17,20H,4-8,13-15H2,1-3H3,(H2,23,24,26);1H. The number of nitrogens with zero attached hydrogens (tertiary/aromatic N) is 4. The molecule has 8 heteroatoms. The van der Waals surface area contributed by atoms with Crippen molar-refractivity contribution in [2.45, 2.75) is 65.1 Å². The molecule has 0 spiro atoms. The Morgan fingerprint density at radius 2 is 2.00 bits per heavy atom. The number of hydrogen-bond acceptors (Lipinski definition) is 4. The zero-order valence-electron chi connectivity index (χ0n) is 18.3. The van der Waals surface area contributed by atoms with Crippen molar-refractivity contribution in [1.29, 1.82) is 0 Å². The monoisotopic (exact) mass is 526 g/mol. The van der Waals surface area contributed by atoms with E-state index in [0.29, 0.717) is 18.5 Å². The molecule has 3 rings (SSSR count). The third-order valence-electron chi connectivity index (χ3n) is 5.67. The minimum atomic E-state index is 0. The average molecular weight is 526 g/mol. The molecular weight excluding hydrogens is 491 g/mol. The van der Waals surface area contributed by atoms with Crippen molar-refractivity contribution in [1.82, 2.24) is 25.4 Å². The van der Waals surface area contributed by atoms with Crippen LogP contribution in [0.3, 0.4) is 0 Å². The lowest BCUT2D eigenvalue weighted by Crippen LogP contribution is -2.47. The van der Waals surface area contributed by atoms with Gasteiger partial charge in [0, 0.05) is 25.6 Å². The SMILES string of the molecule is CCc1nncn1CCNC(=NCc1ccc(OC)cc1)NC1CCCCC1C.I. The first-order valence-corrected chi connectivity index (χ1v) is 10.7. The van der Waals surface area contributed by atoms with E-state index in [-0.39, 0.29) is 24.0 Å². The highest BCUT2D eigenvalue weighted by atomic mass is 127. The van der Waals surface area contributed by atoms with Gasteiger partial charge in [0.2, 0.25) is 0 Å². The van der Waals surface area contributed by atoms with Crippen LogP contribution in [0.15, 0.2) is 35.6 Å². The predicted molar refractivity (Wildman–Crippen MR) is 132 cm³/mol. The smallest absolute Gasteiger partial charge is 0.191 e. The van der Waals surface area contributed by atoms with E-state index in [2.05, 4.69) is 51.4 Å². The number of benzene rings is 1. The van der Waals surface area contributed by atoms with Crippen LogP contribution in [0.1, 0.15) is 50.9 Å². The van der Waals surface area contributed by atoms with E-state index in [1.165, 1.54) is 25.7 Å². The summed E-state index contributed by atoms with van der Waals surface area (Å²) in [6.07, 6.45) is 7.79. The molecular formula is C22H35IN6O. The minimum Gasteiger partial charge on any atom is -0.497 e. The van der Waals surface area contributed by atoms with Gasteiger partial charge in [-0.15, -0.1) is 34.2 Å². The van der Waals surface area contributed by atoms with Crippen LogP contribution in [-0.2, 0) is 19.5 Å². The maximum absolute atomic E-state index is 5.24. The molecule has 0 radical (unpaired) electrons. The van der Waals surface area contributed by atoms with Gasteiger partial charge in [0.15, 0.2) is 5.96 Å². The molecule has 0 bridgehead atoms. The van der Waals surface area contributed by atoms with E-state index < -0.39 is 0 Å². The van der Waals surface area contributed by atoms with Gasteiger partial charge >= 0.3 is 0 Å². The molecule has 1 aliphatic rings. The Bertz CT molecular complexity index is 776. The predicted octanol–water partition coefficient (Wildman–Crippen LogP) is 3.78. The molecule has 1 saturated carbocycles. The van der Waals surface area contributed by atoms with Gasteiger partial charge in [-0.1, -0.05) is 38.8 Å². The maximum atomic E-state index is 5.24. The molecule has 1 aliphatic carbocycles. The highest BCUT2D eigenvalue weighted by Gasteiger charge is 2.22. The lowest BCUT2D eigenvalue weighted by Gasteiger charge is -2.31. The summed E-state index contributed by atoms with van der Waals surface area (Å²) in [6.45, 7) is 6.66. The van der Waals surface area contributed by atoms with Gasteiger partial charge in [-0.2, -0.15) is 0 Å². The van der Waals surface area contributed by atoms with Crippen LogP contribution in [0, 0.1) is 5.92 Å². The van der Waals surface area contributed by atoms with E-state index in [0.717, 1.165) is 42.6 Å². The van der Waals surface area contributed by atoms with Crippen LogP contribution in [0.2, 0.25) is 0 Å². The molecule has 2 unspecified atom stereocenters. The van der Waals surface area contributed by atoms with Crippen LogP contribution < -0.4 is 15.4 Å². The first-order chi connectivity index (χ1) is 14.2. The summed E-state index contributed by atoms with van der Waals surface area (Å²) in [5, 5.41) is 15.4. The summed E-state index contributed by atoms with van der Waals surface area (Å²) in [5.41, 5.74) is 1.16. The Balaban J connectivity index is 0.00000320. The fourth-order valence-electron chi connectivity index (χ4n) is 3.79. The number of aromatic nitrogens is 3. The third-order valence-corrected chi connectivity index (χ3v) is 5.67. The summed E-state index contributed by atoms with van der Waals surface area (Å²) in [5.74, 6) is 3.43. The highest BCUT2D eigenvalue weighted by molar-refractivity contribution is 14.0. The number of aryl methyl sites for hydroxylation is 1. The number of nitrogens with one attached hydrogen (secondary N) is 2. The fraction of sp³-hybridized carbons (Fsp3) is 0.591. The van der Waals surface area contributed by atoms with Crippen LogP contribution in [0.5, 0.6) is 5.75 Å². The van der Waals surface area contributed by atoms with Gasteiger partial charge < -0.3 is 19.9 Å². The Kier molecular flexibility index (Phi) is 10.4. The molecule has 0 aliphatic heterocycles. The van der Waals surface area contributed by atoms with Gasteiger partial charge in [-0.05, 0) is 36.5 Å². The van der Waals surface area contributed by atoms with Crippen molar-refractivity contribution in [2.24, 2.45) is 10.9 Å². The van der Waals surface area contributed by atoms with E-state index >= 15 is 0 Å². The van der Waals surface area contributed by atoms with Crippen LogP contribution >= 0.6 is 24.0 Å². The van der Waals surface area contributed by atoms with E-state index in [1.54, 1.807) is 13.4 Å². The van der Waals surface area contributed by atoms with E-state index in [4.69, 9.17) is 9.73 Å². The Morgan fingerprint density at radius 1 is 1.23 bits per heavy atom. The van der Waals surface area contributed by atoms with Gasteiger partial charge in [0.05, 0.1) is 13.7 Å². The third kappa shape index (κ3) is 7.14. The summed E-state index contributed by atoms with van der Waals surface area (Å²) < 4.78 is 7.34. The zero-order chi connectivity index (χ0) is 20.5. The second-order valence-corrected chi connectivity index (χ2v) is 7.75. The van der Waals surface area contributed by atoms with E-state index in [1.807, 2.05) is 12.1 Å². The van der Waals surface area contributed by atoms with E-state index in [9.17, 15) is 0 Å². The van der Waals surface area contributed by atoms with Crippen molar-refractivity contribution >= 4 is 29.9 Å². The lowest BCUT2D eigenvalue weighted by atomic mass is 9.86. The summed E-state index contributed by atoms with van der Waals surface area (Å²) in [7, 11) is 1.68. The van der Waals surface area contributed by atoms with Crippen LogP contribution in [0.25, 0.3) is 0 Å². The number of methoxy groups -OCH3 is 1. The quantitative estimate of drug-likeness (QED) is 0.311. The summed E-state index contributed by atoms with van der Waals surface area (Å²) in [4.78, 5) is 4.85. The van der Waals surface area contributed by atoms with Gasteiger partial charge in [-0.3, -0.25) is 0 Å². The van der Waals surface area contributed by atoms with Gasteiger partial charge in [0.1, 0.15) is 17.9 Å². The number of guanidine groups is 1. The molecule has 2 N–H and O–H groups in total. The zero-order valence-corrected chi connectivity index (χ0v) is 20.6. The minimum absolute atomic E-state index is 0. The molecule has 1 aromatic carbocycles. The van der Waals surface area contributed by atoms with Crippen molar-refractivity contribution in [2.75, 3.05) is 13.7 Å². The molecule has 0 amide bonds. The maximum Gasteiger partial charge on any atom is 0.191 e. The Hall–Kier alpha value is -1.84. The summed E-state index contributed by atoms with van der Waals surface area (Å²) >= 11 is 0. The fourth-order valence-corrected chi connectivity index (χ4v) is 3.79. The molecule has 0 saturated heterocycles. The number of ether oxygens (including phenoxy) is 1. The molecule has 166 valence electrons. The number of aliphatic imine (C=N–C) groups is 1. The van der Waals surface area contributed by atoms with Gasteiger partial charge in [0.25, 0.3) is 0 Å². The van der Waals surface area contributed by atoms with Crippen molar-refractivity contribution < 1.29 is 4.74 Å². The normalized spacial score (nSPS) is 19.1. The second kappa shape index (κ2) is 12.8. The molecule has 2 atom stereocenters. The Labute approximate surface area is 197 Å². The number of hydrogen-bond donors (Lipinski definition) is 2. The molecule has 2 aromatic rings. The van der Waals surface area contributed by atoms with Gasteiger partial charge in [-0.25, -0.2) is 4.99 Å². The Morgan fingerprint density at radius 3 is 2.70 bits per heavy atom. The molecule has 1 aromatic heterocycles. The molecule has 1 heterocycles. The second-order valence-electron chi connectivity index (χ2n) is 7.75. The first kappa shape index (κ1) is 24.4. The van der Waals surface area contributed by atoms with Crippen LogP contribution in [-0.4, -0.2) is 40.4 Å². The van der Waals surface area contributed by atoms with Crippen molar-refractivity contribution in [3.8, 4) is 5.75 Å². The first-order valence-electron chi connectivity index (χ1n) is 10.7. The molecule has 7 nitrogen and oxygen atoms in total. The van der Waals surface area contributed by atoms with Crippen molar-refractivity contribution in [3.63, 3.8) is 0 Å². The number of rotatable bonds is 8.